The molecule has 1 atom stereocenters. The zero-order chi connectivity index (χ0) is 22.6. The maximum Gasteiger partial charge on any atom is 0.413 e. The molecular weight excluding hydrogens is 432 g/mol. The van der Waals surface area contributed by atoms with E-state index in [9.17, 15) is 19.8 Å². The molecule has 5 rings (SSSR count). The third kappa shape index (κ3) is 2.77. The molecular formula is C23H17ClN4O4. The van der Waals surface area contributed by atoms with Gasteiger partial charge < -0.3 is 15.2 Å². The molecule has 0 spiro atoms. The van der Waals surface area contributed by atoms with Crippen LogP contribution in [0.4, 0.5) is 16.4 Å². The van der Waals surface area contributed by atoms with Crippen molar-refractivity contribution >= 4 is 46.3 Å². The van der Waals surface area contributed by atoms with Gasteiger partial charge in [-0.05, 0) is 30.3 Å². The van der Waals surface area contributed by atoms with Crippen LogP contribution >= 0.6 is 11.6 Å². The first-order valence-corrected chi connectivity index (χ1v) is 10.1. The van der Waals surface area contributed by atoms with Gasteiger partial charge in [0.25, 0.3) is 5.91 Å². The number of amides is 2. The van der Waals surface area contributed by atoms with Crippen molar-refractivity contribution in [3.05, 3.63) is 88.4 Å². The van der Waals surface area contributed by atoms with E-state index in [4.69, 9.17) is 11.6 Å². The van der Waals surface area contributed by atoms with Gasteiger partial charge in [0.05, 0.1) is 21.7 Å². The predicted octanol–water partition coefficient (Wildman–Crippen LogP) is 4.18. The minimum absolute atomic E-state index is 0.141. The van der Waals surface area contributed by atoms with Crippen molar-refractivity contribution < 1.29 is 19.8 Å². The number of aromatic amines is 1. The Kier molecular flexibility index (Phi) is 4.44. The second-order valence-corrected chi connectivity index (χ2v) is 7.85. The smallest absolute Gasteiger partial charge is 0.413 e. The average Bonchev–Trinajstić information content (AvgIpc) is 3.31. The van der Waals surface area contributed by atoms with E-state index in [0.29, 0.717) is 38.4 Å². The van der Waals surface area contributed by atoms with Crippen molar-refractivity contribution in [3.63, 3.8) is 0 Å². The maximum absolute atomic E-state index is 13.4. The summed E-state index contributed by atoms with van der Waals surface area (Å²) in [5, 5.41) is 21.6. The Morgan fingerprint density at radius 2 is 1.84 bits per heavy atom. The van der Waals surface area contributed by atoms with Gasteiger partial charge in [-0.3, -0.25) is 14.6 Å². The molecule has 0 fully saturated rings. The Balaban J connectivity index is 1.73. The van der Waals surface area contributed by atoms with E-state index in [1.165, 1.54) is 11.9 Å². The van der Waals surface area contributed by atoms with Crippen molar-refractivity contribution in [2.24, 2.45) is 0 Å². The molecule has 160 valence electrons. The van der Waals surface area contributed by atoms with Gasteiger partial charge in [0.2, 0.25) is 5.95 Å². The molecule has 1 aliphatic rings. The van der Waals surface area contributed by atoms with Crippen LogP contribution in [-0.2, 0) is 5.72 Å². The lowest BCUT2D eigenvalue weighted by Crippen LogP contribution is -2.45. The Morgan fingerprint density at radius 1 is 1.12 bits per heavy atom. The minimum atomic E-state index is -1.84. The first-order chi connectivity index (χ1) is 15.3. The van der Waals surface area contributed by atoms with Crippen LogP contribution in [-0.4, -0.2) is 39.2 Å². The third-order valence-corrected chi connectivity index (χ3v) is 5.95. The standard InChI is InChI=1S/C23H17ClN4O4/c1-27(22(30)31)21-25-17-11-10-13(12-18(17)26-21)23(32)15-7-3-2-6-14(15)20(29)28(23)19-9-5-4-8-16(19)24/h2-12,32H,1H3,(H,25,26)(H,30,31). The lowest BCUT2D eigenvalue weighted by molar-refractivity contribution is 0.0704. The Bertz CT molecular complexity index is 1400. The summed E-state index contributed by atoms with van der Waals surface area (Å²) < 4.78 is 0. The number of hydrogen-bond donors (Lipinski definition) is 3. The van der Waals surface area contributed by atoms with Crippen molar-refractivity contribution in [2.45, 2.75) is 5.72 Å². The first kappa shape index (κ1) is 20.0. The molecule has 2 heterocycles. The highest BCUT2D eigenvalue weighted by Crippen LogP contribution is 2.47. The number of nitrogens with one attached hydrogen (secondary N) is 1. The van der Waals surface area contributed by atoms with Crippen LogP contribution in [0.15, 0.2) is 66.7 Å². The first-order valence-electron chi connectivity index (χ1n) is 9.70. The molecule has 3 aromatic carbocycles. The van der Waals surface area contributed by atoms with E-state index in [1.807, 2.05) is 0 Å². The van der Waals surface area contributed by atoms with Crippen LogP contribution in [0.25, 0.3) is 11.0 Å². The molecule has 32 heavy (non-hydrogen) atoms. The third-order valence-electron chi connectivity index (χ3n) is 5.63. The predicted molar refractivity (Wildman–Crippen MR) is 120 cm³/mol. The largest absolute Gasteiger partial charge is 0.465 e. The normalized spacial score (nSPS) is 17.6. The lowest BCUT2D eigenvalue weighted by atomic mass is 9.93. The van der Waals surface area contributed by atoms with Crippen molar-refractivity contribution in [1.29, 1.82) is 0 Å². The van der Waals surface area contributed by atoms with Gasteiger partial charge in [0.1, 0.15) is 0 Å². The van der Waals surface area contributed by atoms with Gasteiger partial charge in [-0.2, -0.15) is 0 Å². The molecule has 4 aromatic rings. The van der Waals surface area contributed by atoms with E-state index >= 15 is 0 Å². The number of benzene rings is 3. The molecule has 1 aliphatic heterocycles. The number of imidazole rings is 1. The Morgan fingerprint density at radius 3 is 2.59 bits per heavy atom. The van der Waals surface area contributed by atoms with Crippen molar-refractivity contribution in [2.75, 3.05) is 16.8 Å². The number of fused-ring (bicyclic) bond motifs is 2. The number of anilines is 2. The second-order valence-electron chi connectivity index (χ2n) is 7.44. The number of rotatable bonds is 3. The number of H-pyrrole nitrogens is 1. The maximum atomic E-state index is 13.4. The Labute approximate surface area is 187 Å². The summed E-state index contributed by atoms with van der Waals surface area (Å²) in [5.41, 5.74) is 0.721. The summed E-state index contributed by atoms with van der Waals surface area (Å²) >= 11 is 6.41. The fourth-order valence-corrected chi connectivity index (χ4v) is 4.24. The van der Waals surface area contributed by atoms with Crippen LogP contribution in [0, 0.1) is 0 Å². The van der Waals surface area contributed by atoms with Crippen LogP contribution < -0.4 is 9.80 Å². The van der Waals surface area contributed by atoms with Crippen molar-refractivity contribution in [1.82, 2.24) is 9.97 Å². The molecule has 0 radical (unpaired) electrons. The summed E-state index contributed by atoms with van der Waals surface area (Å²) in [6.45, 7) is 0. The molecule has 9 heteroatoms. The average molecular weight is 449 g/mol. The van der Waals surface area contributed by atoms with E-state index in [2.05, 4.69) is 9.97 Å². The number of nitrogens with zero attached hydrogens (tertiary/aromatic N) is 3. The summed E-state index contributed by atoms with van der Waals surface area (Å²) in [7, 11) is 1.37. The number of halogens is 1. The molecule has 0 saturated carbocycles. The van der Waals surface area contributed by atoms with Crippen LogP contribution in [0.2, 0.25) is 5.02 Å². The van der Waals surface area contributed by atoms with E-state index in [1.54, 1.807) is 66.7 Å². The fourth-order valence-electron chi connectivity index (χ4n) is 4.02. The summed E-state index contributed by atoms with van der Waals surface area (Å²) in [4.78, 5) is 34.2. The molecule has 0 aliphatic carbocycles. The highest BCUT2D eigenvalue weighted by molar-refractivity contribution is 6.34. The second kappa shape index (κ2) is 7.08. The van der Waals surface area contributed by atoms with E-state index < -0.39 is 11.8 Å². The molecule has 2 amide bonds. The number of carboxylic acid groups (broad SMARTS) is 1. The summed E-state index contributed by atoms with van der Waals surface area (Å²) in [5.74, 6) is -0.243. The monoisotopic (exact) mass is 448 g/mol. The number of para-hydroxylation sites is 1. The number of carbonyl (C=O) groups excluding carboxylic acids is 1. The molecule has 3 N–H and O–H groups in total. The van der Waals surface area contributed by atoms with Gasteiger partial charge in [0.15, 0.2) is 5.72 Å². The highest BCUT2D eigenvalue weighted by atomic mass is 35.5. The van der Waals surface area contributed by atoms with Gasteiger partial charge in [-0.15, -0.1) is 0 Å². The van der Waals surface area contributed by atoms with Gasteiger partial charge in [0, 0.05) is 23.7 Å². The molecule has 0 saturated heterocycles. The number of aromatic nitrogens is 2. The minimum Gasteiger partial charge on any atom is -0.465 e. The van der Waals surface area contributed by atoms with E-state index in [-0.39, 0.29) is 11.9 Å². The highest BCUT2D eigenvalue weighted by Gasteiger charge is 2.51. The quantitative estimate of drug-likeness (QED) is 0.435. The lowest BCUT2D eigenvalue weighted by Gasteiger charge is -2.35. The van der Waals surface area contributed by atoms with E-state index in [0.717, 1.165) is 4.90 Å². The van der Waals surface area contributed by atoms with Gasteiger partial charge in [-0.1, -0.05) is 48.0 Å². The zero-order valence-electron chi connectivity index (χ0n) is 16.8. The molecule has 1 aromatic heterocycles. The van der Waals surface area contributed by atoms with Crippen LogP contribution in [0.5, 0.6) is 0 Å². The van der Waals surface area contributed by atoms with Crippen molar-refractivity contribution in [3.8, 4) is 0 Å². The fraction of sp³-hybridized carbons (Fsp3) is 0.0870. The summed E-state index contributed by atoms with van der Waals surface area (Å²) in [6.07, 6.45) is -1.16. The molecule has 0 bridgehead atoms. The van der Waals surface area contributed by atoms with Crippen LogP contribution in [0.1, 0.15) is 21.5 Å². The van der Waals surface area contributed by atoms with Gasteiger partial charge >= 0.3 is 6.09 Å². The molecule has 8 nitrogen and oxygen atoms in total. The molecule has 1 unspecified atom stereocenters. The van der Waals surface area contributed by atoms with Gasteiger partial charge in [-0.25, -0.2) is 9.78 Å². The number of hydrogen-bond acceptors (Lipinski definition) is 4. The zero-order valence-corrected chi connectivity index (χ0v) is 17.5. The number of aliphatic hydroxyl groups is 1. The Hall–Kier alpha value is -3.88. The topological polar surface area (TPSA) is 110 Å². The van der Waals surface area contributed by atoms with Crippen LogP contribution in [0.3, 0.4) is 0 Å². The number of carbonyl (C=O) groups is 2. The SMILES string of the molecule is CN(C(=O)O)c1nc2cc(C3(O)c4ccccc4C(=O)N3c3ccccc3Cl)ccc2[nH]1. The summed E-state index contributed by atoms with van der Waals surface area (Å²) in [6, 6.07) is 18.6.